The molecule has 1 fully saturated rings. The fourth-order valence-electron chi connectivity index (χ4n) is 4.50. The van der Waals surface area contributed by atoms with Gasteiger partial charge < -0.3 is 14.1 Å². The summed E-state index contributed by atoms with van der Waals surface area (Å²) in [5, 5.41) is 0.933. The summed E-state index contributed by atoms with van der Waals surface area (Å²) < 4.78 is 35.8. The lowest BCUT2D eigenvalue weighted by Gasteiger charge is -2.28. The maximum absolute atomic E-state index is 13.6. The number of carbonyl (C=O) groups excluding carboxylic acids is 1. The molecule has 1 aliphatic heterocycles. The molecule has 2 heterocycles. The van der Waals surface area contributed by atoms with Crippen molar-refractivity contribution in [2.75, 3.05) is 18.1 Å². The van der Waals surface area contributed by atoms with E-state index in [1.165, 1.54) is 5.56 Å². The standard InChI is InChI=1S/C28H35NO5S/c1-5-13-33-24-9-6-20(7-10-24)17-29(23-12-14-35(31,32)19-23)27(30)15-21-18-34-26-11-8-22(16-25(21)26)28(2,3)4/h6-11,16,18,23H,5,12-15,17,19H2,1-4H3. The first kappa shape index (κ1) is 25.3. The molecule has 35 heavy (non-hydrogen) atoms. The molecule has 0 saturated carbocycles. The van der Waals surface area contributed by atoms with Gasteiger partial charge in [-0.1, -0.05) is 45.9 Å². The summed E-state index contributed by atoms with van der Waals surface area (Å²) in [5.74, 6) is 0.824. The number of nitrogens with zero attached hydrogens (tertiary/aromatic N) is 1. The summed E-state index contributed by atoms with van der Waals surface area (Å²) in [6, 6.07) is 13.5. The van der Waals surface area contributed by atoms with Crippen LogP contribution in [0.1, 0.15) is 57.2 Å². The average Bonchev–Trinajstić information content (AvgIpc) is 3.38. The van der Waals surface area contributed by atoms with Gasteiger partial charge in [0.1, 0.15) is 11.3 Å². The Hall–Kier alpha value is -2.80. The Kier molecular flexibility index (Phi) is 7.27. The molecule has 7 heteroatoms. The number of hydrogen-bond acceptors (Lipinski definition) is 5. The van der Waals surface area contributed by atoms with E-state index in [1.807, 2.05) is 30.3 Å². The van der Waals surface area contributed by atoms with Crippen LogP contribution in [0.3, 0.4) is 0 Å². The zero-order valence-corrected chi connectivity index (χ0v) is 21.9. The van der Waals surface area contributed by atoms with Crippen LogP contribution in [0.15, 0.2) is 53.1 Å². The van der Waals surface area contributed by atoms with Crippen LogP contribution in [0.5, 0.6) is 5.75 Å². The molecule has 1 saturated heterocycles. The van der Waals surface area contributed by atoms with Gasteiger partial charge in [-0.25, -0.2) is 8.42 Å². The molecule has 1 atom stereocenters. The highest BCUT2D eigenvalue weighted by Gasteiger charge is 2.35. The number of benzene rings is 2. The minimum Gasteiger partial charge on any atom is -0.494 e. The molecule has 2 aromatic carbocycles. The molecule has 6 nitrogen and oxygen atoms in total. The van der Waals surface area contributed by atoms with E-state index < -0.39 is 9.84 Å². The first-order chi connectivity index (χ1) is 16.6. The smallest absolute Gasteiger partial charge is 0.227 e. The van der Waals surface area contributed by atoms with Gasteiger partial charge in [-0.15, -0.1) is 0 Å². The number of carbonyl (C=O) groups is 1. The maximum Gasteiger partial charge on any atom is 0.227 e. The first-order valence-electron chi connectivity index (χ1n) is 12.3. The Balaban J connectivity index is 1.58. The van der Waals surface area contributed by atoms with E-state index in [2.05, 4.69) is 39.8 Å². The van der Waals surface area contributed by atoms with Crippen LogP contribution in [0, 0.1) is 0 Å². The molecule has 0 N–H and O–H groups in total. The third kappa shape index (κ3) is 6.07. The lowest BCUT2D eigenvalue weighted by molar-refractivity contribution is -0.133. The molecule has 4 rings (SSSR count). The predicted octanol–water partition coefficient (Wildman–Crippen LogP) is 5.28. The van der Waals surface area contributed by atoms with Crippen molar-refractivity contribution in [2.24, 2.45) is 0 Å². The zero-order chi connectivity index (χ0) is 25.2. The molecule has 1 unspecified atom stereocenters. The van der Waals surface area contributed by atoms with E-state index >= 15 is 0 Å². The number of ether oxygens (including phenoxy) is 1. The highest BCUT2D eigenvalue weighted by molar-refractivity contribution is 7.91. The fraction of sp³-hybridized carbons (Fsp3) is 0.464. The van der Waals surface area contributed by atoms with Crippen LogP contribution in [0.2, 0.25) is 0 Å². The van der Waals surface area contributed by atoms with E-state index in [1.54, 1.807) is 11.2 Å². The SMILES string of the molecule is CCCOc1ccc(CN(C(=O)Cc2coc3ccc(C(C)(C)C)cc23)C2CCS(=O)(=O)C2)cc1. The van der Waals surface area contributed by atoms with Gasteiger partial charge in [-0.3, -0.25) is 4.79 Å². The van der Waals surface area contributed by atoms with Crippen LogP contribution < -0.4 is 4.74 Å². The summed E-state index contributed by atoms with van der Waals surface area (Å²) in [5.41, 5.74) is 3.66. The van der Waals surface area contributed by atoms with Gasteiger partial charge in [-0.2, -0.15) is 0 Å². The van der Waals surface area contributed by atoms with Gasteiger partial charge in [0.05, 0.1) is 30.8 Å². The molecule has 0 radical (unpaired) electrons. The van der Waals surface area contributed by atoms with Gasteiger partial charge in [0.15, 0.2) is 9.84 Å². The van der Waals surface area contributed by atoms with Crippen molar-refractivity contribution in [2.45, 2.75) is 65.0 Å². The van der Waals surface area contributed by atoms with E-state index in [9.17, 15) is 13.2 Å². The van der Waals surface area contributed by atoms with E-state index in [0.717, 1.165) is 34.3 Å². The number of amides is 1. The lowest BCUT2D eigenvalue weighted by Crippen LogP contribution is -2.41. The summed E-state index contributed by atoms with van der Waals surface area (Å²) >= 11 is 0. The molecular formula is C28H35NO5S. The Morgan fingerprint density at radius 3 is 2.51 bits per heavy atom. The van der Waals surface area contributed by atoms with Crippen molar-refractivity contribution in [1.29, 1.82) is 0 Å². The molecule has 0 spiro atoms. The topological polar surface area (TPSA) is 76.8 Å². The van der Waals surface area contributed by atoms with Crippen molar-refractivity contribution in [1.82, 2.24) is 4.90 Å². The highest BCUT2D eigenvalue weighted by atomic mass is 32.2. The minimum atomic E-state index is -3.13. The summed E-state index contributed by atoms with van der Waals surface area (Å²) in [4.78, 5) is 15.3. The predicted molar refractivity (Wildman–Crippen MR) is 138 cm³/mol. The zero-order valence-electron chi connectivity index (χ0n) is 21.0. The van der Waals surface area contributed by atoms with E-state index in [4.69, 9.17) is 9.15 Å². The average molecular weight is 498 g/mol. The fourth-order valence-corrected chi connectivity index (χ4v) is 6.23. The van der Waals surface area contributed by atoms with Crippen LogP contribution in [-0.4, -0.2) is 43.4 Å². The van der Waals surface area contributed by atoms with Gasteiger partial charge in [0, 0.05) is 23.5 Å². The van der Waals surface area contributed by atoms with Gasteiger partial charge in [0.2, 0.25) is 5.91 Å². The molecule has 1 aromatic heterocycles. The number of fused-ring (bicyclic) bond motifs is 1. The third-order valence-corrected chi connectivity index (χ3v) is 8.33. The van der Waals surface area contributed by atoms with Gasteiger partial charge in [0.25, 0.3) is 0 Å². The molecule has 1 amide bonds. The van der Waals surface area contributed by atoms with Crippen LogP contribution in [0.4, 0.5) is 0 Å². The van der Waals surface area contributed by atoms with E-state index in [-0.39, 0.29) is 35.3 Å². The third-order valence-electron chi connectivity index (χ3n) is 6.58. The van der Waals surface area contributed by atoms with Crippen molar-refractivity contribution in [3.8, 4) is 5.75 Å². The number of furan rings is 1. The second kappa shape index (κ2) is 10.1. The number of rotatable bonds is 8. The molecule has 0 aliphatic carbocycles. The van der Waals surface area contributed by atoms with Crippen LogP contribution in [-0.2, 0) is 33.0 Å². The summed E-state index contributed by atoms with van der Waals surface area (Å²) in [6.07, 6.45) is 3.21. The Bertz CT molecular complexity index is 1290. The molecule has 3 aromatic rings. The van der Waals surface area contributed by atoms with Crippen LogP contribution in [0.25, 0.3) is 11.0 Å². The molecule has 188 valence electrons. The second-order valence-corrected chi connectivity index (χ2v) is 12.7. The van der Waals surface area contributed by atoms with Crippen molar-refractivity contribution in [3.63, 3.8) is 0 Å². The highest BCUT2D eigenvalue weighted by Crippen LogP contribution is 2.30. The maximum atomic E-state index is 13.6. The normalized spacial score (nSPS) is 17.5. The summed E-state index contributed by atoms with van der Waals surface area (Å²) in [7, 11) is -3.13. The monoisotopic (exact) mass is 497 g/mol. The first-order valence-corrected chi connectivity index (χ1v) is 14.1. The van der Waals surface area contributed by atoms with Gasteiger partial charge >= 0.3 is 0 Å². The Morgan fingerprint density at radius 2 is 1.89 bits per heavy atom. The molecule has 0 bridgehead atoms. The summed E-state index contributed by atoms with van der Waals surface area (Å²) in [6.45, 7) is 9.52. The Morgan fingerprint density at radius 1 is 1.14 bits per heavy atom. The lowest BCUT2D eigenvalue weighted by atomic mass is 9.86. The van der Waals surface area contributed by atoms with Crippen LogP contribution >= 0.6 is 0 Å². The number of sulfone groups is 1. The largest absolute Gasteiger partial charge is 0.494 e. The second-order valence-electron chi connectivity index (χ2n) is 10.5. The Labute approximate surface area is 208 Å². The van der Waals surface area contributed by atoms with Crippen molar-refractivity contribution in [3.05, 3.63) is 65.4 Å². The molecule has 1 aliphatic rings. The molecular weight excluding hydrogens is 462 g/mol. The van der Waals surface area contributed by atoms with Crippen molar-refractivity contribution >= 4 is 26.7 Å². The quantitative estimate of drug-likeness (QED) is 0.423. The minimum absolute atomic E-state index is 0.0107. The van der Waals surface area contributed by atoms with Crippen molar-refractivity contribution < 1.29 is 22.4 Å². The number of hydrogen-bond donors (Lipinski definition) is 0. The van der Waals surface area contributed by atoms with Gasteiger partial charge in [-0.05, 0) is 53.6 Å². The van der Waals surface area contributed by atoms with E-state index in [0.29, 0.717) is 19.6 Å².